The fraction of sp³-hybridized carbons (Fsp3) is 0.432. The van der Waals surface area contributed by atoms with Gasteiger partial charge in [-0.25, -0.2) is 0 Å². The predicted molar refractivity (Wildman–Crippen MR) is 177 cm³/mol. The van der Waals surface area contributed by atoms with Crippen molar-refractivity contribution in [3.05, 3.63) is 108 Å². The van der Waals surface area contributed by atoms with Gasteiger partial charge in [-0.2, -0.15) is 0 Å². The lowest BCUT2D eigenvalue weighted by atomic mass is 9.90. The lowest BCUT2D eigenvalue weighted by molar-refractivity contribution is -0.143. The molecule has 2 heterocycles. The summed E-state index contributed by atoms with van der Waals surface area (Å²) in [5, 5.41) is 13.0. The van der Waals surface area contributed by atoms with E-state index < -0.39 is 18.1 Å². The van der Waals surface area contributed by atoms with Crippen LogP contribution >= 0.6 is 0 Å². The Morgan fingerprint density at radius 3 is 2.04 bits per heavy atom. The summed E-state index contributed by atoms with van der Waals surface area (Å²) in [6.45, 7) is 3.68. The molecule has 0 saturated carbocycles. The summed E-state index contributed by atoms with van der Waals surface area (Å²) in [6.07, 6.45) is 4.31. The Bertz CT molecular complexity index is 1350. The molecule has 0 spiro atoms. The molecule has 0 aromatic heterocycles. The second kappa shape index (κ2) is 15.8. The number of carbonyl (C=O) groups excluding carboxylic acids is 3. The van der Waals surface area contributed by atoms with Crippen LogP contribution in [0.5, 0.6) is 0 Å². The summed E-state index contributed by atoms with van der Waals surface area (Å²) in [6, 6.07) is 27.6. The van der Waals surface area contributed by atoms with Crippen LogP contribution in [-0.2, 0) is 20.8 Å². The zero-order valence-corrected chi connectivity index (χ0v) is 26.5. The maximum Gasteiger partial charge on any atom is 0.246 e. The number of hydrogen-bond acceptors (Lipinski definition) is 5. The third kappa shape index (κ3) is 7.99. The van der Waals surface area contributed by atoms with Gasteiger partial charge in [0.15, 0.2) is 0 Å². The van der Waals surface area contributed by atoms with E-state index in [1.807, 2.05) is 95.9 Å². The zero-order valence-electron chi connectivity index (χ0n) is 26.5. The molecule has 2 saturated heterocycles. The summed E-state index contributed by atoms with van der Waals surface area (Å²) in [4.78, 5) is 44.1. The van der Waals surface area contributed by atoms with E-state index in [4.69, 9.17) is 0 Å². The first-order valence-electron chi connectivity index (χ1n) is 16.4. The molecule has 8 heteroatoms. The molecule has 2 fully saturated rings. The Morgan fingerprint density at radius 2 is 1.44 bits per heavy atom. The van der Waals surface area contributed by atoms with E-state index in [9.17, 15) is 14.4 Å². The quantitative estimate of drug-likeness (QED) is 0.220. The van der Waals surface area contributed by atoms with Crippen LogP contribution in [0.3, 0.4) is 0 Å². The molecule has 2 aliphatic heterocycles. The van der Waals surface area contributed by atoms with Gasteiger partial charge in [-0.1, -0.05) is 97.9 Å². The van der Waals surface area contributed by atoms with Crippen LogP contribution < -0.4 is 21.3 Å². The van der Waals surface area contributed by atoms with Crippen molar-refractivity contribution in [3.63, 3.8) is 0 Å². The first kappa shape index (κ1) is 32.4. The highest BCUT2D eigenvalue weighted by Gasteiger charge is 2.47. The van der Waals surface area contributed by atoms with Crippen molar-refractivity contribution in [2.75, 3.05) is 20.1 Å². The van der Waals surface area contributed by atoms with E-state index in [0.717, 1.165) is 55.5 Å². The van der Waals surface area contributed by atoms with Crippen molar-refractivity contribution in [2.45, 2.75) is 75.7 Å². The summed E-state index contributed by atoms with van der Waals surface area (Å²) in [5.74, 6) is -0.516. The minimum atomic E-state index is -0.694. The van der Waals surface area contributed by atoms with Crippen LogP contribution in [0.15, 0.2) is 91.0 Å². The Hall–Kier alpha value is -4.01. The molecule has 5 rings (SSSR count). The molecule has 238 valence electrons. The maximum atomic E-state index is 14.5. The number of nitrogens with one attached hydrogen (secondary N) is 4. The van der Waals surface area contributed by atoms with Crippen molar-refractivity contribution in [2.24, 2.45) is 5.92 Å². The minimum absolute atomic E-state index is 0.0203. The van der Waals surface area contributed by atoms with Gasteiger partial charge in [0.2, 0.25) is 17.7 Å². The van der Waals surface area contributed by atoms with Gasteiger partial charge in [-0.3, -0.25) is 14.4 Å². The molecule has 45 heavy (non-hydrogen) atoms. The van der Waals surface area contributed by atoms with Crippen molar-refractivity contribution in [1.82, 2.24) is 26.2 Å². The first-order valence-corrected chi connectivity index (χ1v) is 16.4. The molecule has 3 aromatic carbocycles. The van der Waals surface area contributed by atoms with E-state index in [1.54, 1.807) is 7.05 Å². The lowest BCUT2D eigenvalue weighted by Crippen LogP contribution is -2.58. The number of fused-ring (bicyclic) bond motifs is 1. The summed E-state index contributed by atoms with van der Waals surface area (Å²) in [5.41, 5.74) is 3.02. The molecule has 0 bridgehead atoms. The molecule has 0 aliphatic carbocycles. The second-order valence-corrected chi connectivity index (χ2v) is 12.3. The number of benzene rings is 3. The van der Waals surface area contributed by atoms with Gasteiger partial charge in [0.05, 0.1) is 12.1 Å². The molecule has 5 atom stereocenters. The van der Waals surface area contributed by atoms with Crippen LogP contribution in [-0.4, -0.2) is 66.9 Å². The summed E-state index contributed by atoms with van der Waals surface area (Å²) in [7, 11) is 1.78. The van der Waals surface area contributed by atoms with Crippen molar-refractivity contribution < 1.29 is 14.4 Å². The standard InChI is InChI=1S/C37H47N5O3/c1-3-39-24-23-29-19-20-30-21-22-32(36(44)40-33(27-15-9-5-10-16-27)28-17-11-6-12-18-28)42(30)37(45)34(29)41-35(43)31(38-2)25-26-13-7-4-8-14-26/h4-18,29-34,38-39H,3,19-25H2,1-2H3,(H,40,44)(H,41,43)/t29-,30+,31-,32+,34+/m1/s1. The lowest BCUT2D eigenvalue weighted by Gasteiger charge is -2.33. The monoisotopic (exact) mass is 609 g/mol. The van der Waals surface area contributed by atoms with Gasteiger partial charge < -0.3 is 26.2 Å². The summed E-state index contributed by atoms with van der Waals surface area (Å²) >= 11 is 0. The Labute approximate surface area is 267 Å². The highest BCUT2D eigenvalue weighted by molar-refractivity contribution is 5.94. The van der Waals surface area contributed by atoms with Crippen molar-refractivity contribution in [1.29, 1.82) is 0 Å². The van der Waals surface area contributed by atoms with Gasteiger partial charge in [-0.15, -0.1) is 0 Å². The largest absolute Gasteiger partial charge is 0.343 e. The van der Waals surface area contributed by atoms with Crippen LogP contribution in [0.25, 0.3) is 0 Å². The third-order valence-corrected chi connectivity index (χ3v) is 9.41. The van der Waals surface area contributed by atoms with Crippen LogP contribution in [0.2, 0.25) is 0 Å². The Morgan fingerprint density at radius 1 is 0.844 bits per heavy atom. The van der Waals surface area contributed by atoms with E-state index in [0.29, 0.717) is 12.8 Å². The fourth-order valence-corrected chi connectivity index (χ4v) is 6.97. The molecule has 0 unspecified atom stereocenters. The van der Waals surface area contributed by atoms with Crippen LogP contribution in [0.4, 0.5) is 0 Å². The minimum Gasteiger partial charge on any atom is -0.343 e. The average Bonchev–Trinajstić information content (AvgIpc) is 3.46. The predicted octanol–water partition coefficient (Wildman–Crippen LogP) is 3.98. The van der Waals surface area contributed by atoms with Crippen LogP contribution in [0.1, 0.15) is 61.8 Å². The van der Waals surface area contributed by atoms with Gasteiger partial charge in [0.25, 0.3) is 0 Å². The topological polar surface area (TPSA) is 103 Å². The van der Waals surface area contributed by atoms with E-state index >= 15 is 0 Å². The molecule has 3 amide bonds. The van der Waals surface area contributed by atoms with Crippen molar-refractivity contribution in [3.8, 4) is 0 Å². The molecule has 0 radical (unpaired) electrons. The summed E-state index contributed by atoms with van der Waals surface area (Å²) < 4.78 is 0. The molecule has 8 nitrogen and oxygen atoms in total. The second-order valence-electron chi connectivity index (χ2n) is 12.3. The van der Waals surface area contributed by atoms with E-state index in [2.05, 4.69) is 28.2 Å². The highest BCUT2D eigenvalue weighted by atomic mass is 16.2. The number of carbonyl (C=O) groups is 3. The molecule has 3 aromatic rings. The Balaban J connectivity index is 1.37. The maximum absolute atomic E-state index is 14.5. The molecular formula is C37H47N5O3. The zero-order chi connectivity index (χ0) is 31.6. The SMILES string of the molecule is CCNCC[C@H]1CC[C@H]2CC[C@@H](C(=O)NC(c3ccccc3)c3ccccc3)N2C(=O)[C@H]1NC(=O)[C@@H](Cc1ccccc1)NC. The van der Waals surface area contributed by atoms with E-state index in [1.165, 1.54) is 0 Å². The van der Waals surface area contributed by atoms with Crippen molar-refractivity contribution >= 4 is 17.7 Å². The Kier molecular flexibility index (Phi) is 11.4. The molecule has 4 N–H and O–H groups in total. The molecule has 2 aliphatic rings. The van der Waals surface area contributed by atoms with Gasteiger partial charge in [-0.05, 0) is 81.3 Å². The van der Waals surface area contributed by atoms with E-state index in [-0.39, 0.29) is 35.7 Å². The average molecular weight is 610 g/mol. The highest BCUT2D eigenvalue weighted by Crippen LogP contribution is 2.35. The third-order valence-electron chi connectivity index (χ3n) is 9.41. The smallest absolute Gasteiger partial charge is 0.246 e. The first-order chi connectivity index (χ1) is 22.0. The molecular weight excluding hydrogens is 562 g/mol. The van der Waals surface area contributed by atoms with Crippen LogP contribution in [0, 0.1) is 5.92 Å². The fourth-order valence-electron chi connectivity index (χ4n) is 6.97. The van der Waals surface area contributed by atoms with Gasteiger partial charge in [0.1, 0.15) is 12.1 Å². The number of hydrogen-bond donors (Lipinski definition) is 4. The number of rotatable bonds is 13. The normalized spacial score (nSPS) is 22.0. The number of amides is 3. The number of likely N-dealkylation sites (N-methyl/N-ethyl adjacent to an activating group) is 1. The van der Waals surface area contributed by atoms with Gasteiger partial charge in [0, 0.05) is 6.04 Å². The van der Waals surface area contributed by atoms with Gasteiger partial charge >= 0.3 is 0 Å². The number of nitrogens with zero attached hydrogens (tertiary/aromatic N) is 1.